The molecule has 1 aromatic rings. The van der Waals surface area contributed by atoms with Gasteiger partial charge in [-0.15, -0.1) is 0 Å². The first-order chi connectivity index (χ1) is 11.1. The monoisotopic (exact) mass is 344 g/mol. The molecule has 134 valence electrons. The Kier molecular flexibility index (Phi) is 5.30. The first-order valence-corrected chi connectivity index (χ1v) is 7.96. The van der Waals surface area contributed by atoms with Crippen LogP contribution < -0.4 is 10.1 Å². The molecular weight excluding hydrogens is 321 g/mol. The minimum atomic E-state index is -4.44. The molecule has 1 saturated heterocycles. The SMILES string of the molecule is CC(C)(C)NC(=O)N1CCC(Oc2ccccc2C(F)(F)F)CC1. The number of ether oxygens (including phenoxy) is 1. The van der Waals surface area contributed by atoms with E-state index >= 15 is 0 Å². The van der Waals surface area contributed by atoms with Crippen LogP contribution in [0.15, 0.2) is 24.3 Å². The van der Waals surface area contributed by atoms with Gasteiger partial charge in [-0.3, -0.25) is 0 Å². The molecule has 0 spiro atoms. The van der Waals surface area contributed by atoms with Crippen molar-refractivity contribution in [2.24, 2.45) is 0 Å². The maximum Gasteiger partial charge on any atom is 0.419 e. The lowest BCUT2D eigenvalue weighted by Crippen LogP contribution is -2.51. The number of hydrogen-bond donors (Lipinski definition) is 1. The van der Waals surface area contributed by atoms with Crippen molar-refractivity contribution in [3.8, 4) is 5.75 Å². The summed E-state index contributed by atoms with van der Waals surface area (Å²) in [7, 11) is 0. The molecule has 0 bridgehead atoms. The summed E-state index contributed by atoms with van der Waals surface area (Å²) < 4.78 is 44.5. The molecule has 0 unspecified atom stereocenters. The Morgan fingerprint density at radius 1 is 1.17 bits per heavy atom. The molecule has 0 saturated carbocycles. The van der Waals surface area contributed by atoms with Crippen LogP contribution in [-0.2, 0) is 6.18 Å². The first kappa shape index (κ1) is 18.4. The number of hydrogen-bond acceptors (Lipinski definition) is 2. The second-order valence-electron chi connectivity index (χ2n) is 6.98. The number of alkyl halides is 3. The third-order valence-electron chi connectivity index (χ3n) is 3.70. The van der Waals surface area contributed by atoms with Crippen LogP contribution in [0.4, 0.5) is 18.0 Å². The van der Waals surface area contributed by atoms with Crippen molar-refractivity contribution in [2.75, 3.05) is 13.1 Å². The van der Waals surface area contributed by atoms with E-state index in [0.717, 1.165) is 6.07 Å². The van der Waals surface area contributed by atoms with Crippen molar-refractivity contribution in [1.29, 1.82) is 0 Å². The molecule has 1 heterocycles. The molecule has 1 aliphatic rings. The maximum absolute atomic E-state index is 13.0. The normalized spacial score (nSPS) is 16.8. The van der Waals surface area contributed by atoms with Crippen molar-refractivity contribution in [3.05, 3.63) is 29.8 Å². The Morgan fingerprint density at radius 2 is 1.75 bits per heavy atom. The molecular formula is C17H23F3N2O2. The third kappa shape index (κ3) is 5.04. The van der Waals surface area contributed by atoms with Crippen molar-refractivity contribution in [2.45, 2.75) is 51.4 Å². The summed E-state index contributed by atoms with van der Waals surface area (Å²) in [5, 5.41) is 2.88. The number of rotatable bonds is 2. The van der Waals surface area contributed by atoms with Gasteiger partial charge in [0.25, 0.3) is 0 Å². The van der Waals surface area contributed by atoms with E-state index in [1.165, 1.54) is 18.2 Å². The number of likely N-dealkylation sites (tertiary alicyclic amines) is 1. The van der Waals surface area contributed by atoms with Crippen molar-refractivity contribution in [3.63, 3.8) is 0 Å². The molecule has 1 N–H and O–H groups in total. The fourth-order valence-electron chi connectivity index (χ4n) is 2.56. The number of nitrogens with one attached hydrogen (secondary N) is 1. The highest BCUT2D eigenvalue weighted by molar-refractivity contribution is 5.75. The predicted octanol–water partition coefficient (Wildman–Crippen LogP) is 4.06. The zero-order valence-electron chi connectivity index (χ0n) is 14.1. The van der Waals surface area contributed by atoms with E-state index < -0.39 is 11.7 Å². The van der Waals surface area contributed by atoms with Crippen LogP contribution in [-0.4, -0.2) is 35.7 Å². The van der Waals surface area contributed by atoms with Crippen LogP contribution in [0.5, 0.6) is 5.75 Å². The molecule has 1 fully saturated rings. The second-order valence-corrected chi connectivity index (χ2v) is 6.98. The van der Waals surface area contributed by atoms with Crippen LogP contribution in [0, 0.1) is 0 Å². The Labute approximate surface area is 140 Å². The Bertz CT molecular complexity index is 574. The van der Waals surface area contributed by atoms with Gasteiger partial charge >= 0.3 is 12.2 Å². The van der Waals surface area contributed by atoms with E-state index in [9.17, 15) is 18.0 Å². The minimum Gasteiger partial charge on any atom is -0.490 e. The average Bonchev–Trinajstić information content (AvgIpc) is 2.45. The molecule has 0 aromatic heterocycles. The molecule has 0 aliphatic carbocycles. The number of amides is 2. The summed E-state index contributed by atoms with van der Waals surface area (Å²) in [6.07, 6.45) is -3.76. The zero-order valence-corrected chi connectivity index (χ0v) is 14.1. The quantitative estimate of drug-likeness (QED) is 0.879. The maximum atomic E-state index is 13.0. The van der Waals surface area contributed by atoms with Crippen molar-refractivity contribution < 1.29 is 22.7 Å². The standard InChI is InChI=1S/C17H23F3N2O2/c1-16(2,3)21-15(23)22-10-8-12(9-11-22)24-14-7-5-4-6-13(14)17(18,19)20/h4-7,12H,8-11H2,1-3H3,(H,21,23). The molecule has 24 heavy (non-hydrogen) atoms. The topological polar surface area (TPSA) is 41.6 Å². The Hall–Kier alpha value is -1.92. The summed E-state index contributed by atoms with van der Waals surface area (Å²) in [5.41, 5.74) is -1.09. The lowest BCUT2D eigenvalue weighted by atomic mass is 10.1. The Morgan fingerprint density at radius 3 is 2.29 bits per heavy atom. The van der Waals surface area contributed by atoms with E-state index in [1.807, 2.05) is 20.8 Å². The lowest BCUT2D eigenvalue weighted by Gasteiger charge is -2.34. The highest BCUT2D eigenvalue weighted by Crippen LogP contribution is 2.36. The summed E-state index contributed by atoms with van der Waals surface area (Å²) in [6.45, 7) is 6.61. The number of urea groups is 1. The summed E-state index contributed by atoms with van der Waals surface area (Å²) in [6, 6.07) is 5.06. The number of piperidine rings is 1. The molecule has 0 atom stereocenters. The van der Waals surface area contributed by atoms with Gasteiger partial charge in [0.1, 0.15) is 11.9 Å². The van der Waals surface area contributed by atoms with Gasteiger partial charge < -0.3 is 15.0 Å². The van der Waals surface area contributed by atoms with Crippen LogP contribution in [0.3, 0.4) is 0 Å². The van der Waals surface area contributed by atoms with Gasteiger partial charge in [-0.05, 0) is 32.9 Å². The molecule has 1 aromatic carbocycles. The predicted molar refractivity (Wildman–Crippen MR) is 85.0 cm³/mol. The number of para-hydroxylation sites is 1. The Balaban J connectivity index is 1.94. The average molecular weight is 344 g/mol. The number of halogens is 3. The summed E-state index contributed by atoms with van der Waals surface area (Å²) >= 11 is 0. The highest BCUT2D eigenvalue weighted by Gasteiger charge is 2.35. The highest BCUT2D eigenvalue weighted by atomic mass is 19.4. The van der Waals surface area contributed by atoms with E-state index in [-0.39, 0.29) is 23.4 Å². The number of nitrogens with zero attached hydrogens (tertiary/aromatic N) is 1. The number of benzene rings is 1. The molecule has 2 amide bonds. The van der Waals surface area contributed by atoms with Gasteiger partial charge in [0.2, 0.25) is 0 Å². The van der Waals surface area contributed by atoms with Crippen molar-refractivity contribution >= 4 is 6.03 Å². The van der Waals surface area contributed by atoms with Gasteiger partial charge in [0.05, 0.1) is 5.56 Å². The fourth-order valence-corrected chi connectivity index (χ4v) is 2.56. The van der Waals surface area contributed by atoms with E-state index in [2.05, 4.69) is 5.32 Å². The number of carbonyl (C=O) groups is 1. The van der Waals surface area contributed by atoms with Crippen LogP contribution >= 0.6 is 0 Å². The first-order valence-electron chi connectivity index (χ1n) is 7.96. The van der Waals surface area contributed by atoms with Gasteiger partial charge in [-0.2, -0.15) is 13.2 Å². The van der Waals surface area contributed by atoms with Gasteiger partial charge in [0.15, 0.2) is 0 Å². The zero-order chi connectivity index (χ0) is 18.0. The summed E-state index contributed by atoms with van der Waals surface area (Å²) in [4.78, 5) is 13.8. The smallest absolute Gasteiger partial charge is 0.419 e. The molecule has 7 heteroatoms. The van der Waals surface area contributed by atoms with Gasteiger partial charge in [-0.25, -0.2) is 4.79 Å². The minimum absolute atomic E-state index is 0.150. The molecule has 4 nitrogen and oxygen atoms in total. The van der Waals surface area contributed by atoms with Gasteiger partial charge in [-0.1, -0.05) is 12.1 Å². The van der Waals surface area contributed by atoms with Crippen LogP contribution in [0.1, 0.15) is 39.2 Å². The largest absolute Gasteiger partial charge is 0.490 e. The van der Waals surface area contributed by atoms with Gasteiger partial charge in [0, 0.05) is 31.5 Å². The fraction of sp³-hybridized carbons (Fsp3) is 0.588. The van der Waals surface area contributed by atoms with Crippen molar-refractivity contribution in [1.82, 2.24) is 10.2 Å². The molecule has 0 radical (unpaired) electrons. The van der Waals surface area contributed by atoms with Crippen LogP contribution in [0.25, 0.3) is 0 Å². The van der Waals surface area contributed by atoms with E-state index in [1.54, 1.807) is 4.90 Å². The van der Waals surface area contributed by atoms with Crippen LogP contribution in [0.2, 0.25) is 0 Å². The number of carbonyl (C=O) groups excluding carboxylic acids is 1. The van der Waals surface area contributed by atoms with E-state index in [4.69, 9.17) is 4.74 Å². The van der Waals surface area contributed by atoms with E-state index in [0.29, 0.717) is 25.9 Å². The molecule has 2 rings (SSSR count). The second kappa shape index (κ2) is 6.91. The third-order valence-corrected chi connectivity index (χ3v) is 3.70. The molecule has 1 aliphatic heterocycles. The summed E-state index contributed by atoms with van der Waals surface area (Å²) in [5.74, 6) is -0.150. The lowest BCUT2D eigenvalue weighted by molar-refractivity contribution is -0.139.